The molecule has 0 spiro atoms. The smallest absolute Gasteiger partial charge is 0.270 e. The van der Waals surface area contributed by atoms with Gasteiger partial charge in [0.25, 0.3) is 5.69 Å². The second kappa shape index (κ2) is 9.60. The molecule has 2 unspecified atom stereocenters. The summed E-state index contributed by atoms with van der Waals surface area (Å²) in [4.78, 5) is 27.4. The predicted octanol–water partition coefficient (Wildman–Crippen LogP) is 4.56. The molecule has 154 valence electrons. The van der Waals surface area contributed by atoms with Crippen molar-refractivity contribution in [1.82, 2.24) is 15.5 Å². The fourth-order valence-corrected chi connectivity index (χ4v) is 2.86. The number of hydrogen-bond donors (Lipinski definition) is 1. The molecule has 2 atom stereocenters. The van der Waals surface area contributed by atoms with E-state index in [1.54, 1.807) is 18.2 Å². The zero-order valence-electron chi connectivity index (χ0n) is 16.7. The maximum atomic E-state index is 12.5. The number of hydrogen-bond acceptors (Lipinski definition) is 6. The van der Waals surface area contributed by atoms with Gasteiger partial charge in [-0.2, -0.15) is 4.98 Å². The number of carbonyl (C=O) groups excluding carboxylic acids is 1. The van der Waals surface area contributed by atoms with Gasteiger partial charge in [0.15, 0.2) is 0 Å². The fraction of sp³-hybridized carbons (Fsp3) is 0.227. The van der Waals surface area contributed by atoms with Crippen LogP contribution in [-0.2, 0) is 4.79 Å². The van der Waals surface area contributed by atoms with Crippen LogP contribution < -0.4 is 5.32 Å². The van der Waals surface area contributed by atoms with Gasteiger partial charge in [0.1, 0.15) is 6.04 Å². The number of non-ortho nitro benzene ring substituents is 1. The van der Waals surface area contributed by atoms with Crippen LogP contribution in [0.3, 0.4) is 0 Å². The highest BCUT2D eigenvalue weighted by Crippen LogP contribution is 2.27. The molecule has 3 rings (SSSR count). The van der Waals surface area contributed by atoms with Crippen molar-refractivity contribution in [1.29, 1.82) is 0 Å². The van der Waals surface area contributed by atoms with Crippen LogP contribution in [0.25, 0.3) is 17.5 Å². The molecule has 0 aliphatic carbocycles. The Bertz CT molecular complexity index is 1050. The molecule has 1 N–H and O–H groups in total. The average molecular weight is 406 g/mol. The minimum Gasteiger partial charge on any atom is -0.340 e. The van der Waals surface area contributed by atoms with Crippen LogP contribution in [0.2, 0.25) is 0 Å². The summed E-state index contributed by atoms with van der Waals surface area (Å²) in [6.07, 6.45) is 3.97. The number of nitrogens with zero attached hydrogens (tertiary/aromatic N) is 3. The van der Waals surface area contributed by atoms with E-state index in [0.29, 0.717) is 5.56 Å². The first-order valence-corrected chi connectivity index (χ1v) is 9.60. The molecule has 0 saturated heterocycles. The van der Waals surface area contributed by atoms with Gasteiger partial charge in [0.05, 0.1) is 4.92 Å². The topological polar surface area (TPSA) is 111 Å². The number of nitro groups is 1. The third-order valence-electron chi connectivity index (χ3n) is 4.76. The van der Waals surface area contributed by atoms with Crippen LogP contribution in [0.1, 0.15) is 37.8 Å². The van der Waals surface area contributed by atoms with E-state index in [4.69, 9.17) is 4.52 Å². The largest absolute Gasteiger partial charge is 0.340 e. The molecule has 1 aromatic heterocycles. The Hall–Kier alpha value is -3.81. The maximum Gasteiger partial charge on any atom is 0.270 e. The molecule has 2 aromatic carbocycles. The van der Waals surface area contributed by atoms with E-state index in [-0.39, 0.29) is 29.2 Å². The molecule has 0 fully saturated rings. The van der Waals surface area contributed by atoms with Gasteiger partial charge in [-0.25, -0.2) is 0 Å². The van der Waals surface area contributed by atoms with Gasteiger partial charge in [-0.1, -0.05) is 67.9 Å². The highest BCUT2D eigenvalue weighted by molar-refractivity contribution is 5.91. The number of nitrogens with one attached hydrogen (secondary N) is 1. The second-order valence-corrected chi connectivity index (χ2v) is 6.88. The van der Waals surface area contributed by atoms with Crippen molar-refractivity contribution in [2.24, 2.45) is 5.92 Å². The number of amides is 1. The predicted molar refractivity (Wildman–Crippen MR) is 112 cm³/mol. The first-order valence-electron chi connectivity index (χ1n) is 9.60. The summed E-state index contributed by atoms with van der Waals surface area (Å²) in [7, 11) is 0. The molecular formula is C22H22N4O4. The van der Waals surface area contributed by atoms with Crippen molar-refractivity contribution in [2.75, 3.05) is 0 Å². The SMILES string of the molecule is CCC(C)C(NC(=O)/C=C/c1ccccc1)c1nc(-c2cccc([N+](=O)[O-])c2)no1. The zero-order valence-corrected chi connectivity index (χ0v) is 16.7. The Morgan fingerprint density at radius 1 is 1.23 bits per heavy atom. The molecule has 0 aliphatic heterocycles. The monoisotopic (exact) mass is 406 g/mol. The fourth-order valence-electron chi connectivity index (χ4n) is 2.86. The second-order valence-electron chi connectivity index (χ2n) is 6.88. The van der Waals surface area contributed by atoms with Crippen molar-refractivity contribution >= 4 is 17.7 Å². The van der Waals surface area contributed by atoms with Crippen molar-refractivity contribution in [3.8, 4) is 11.4 Å². The van der Waals surface area contributed by atoms with Gasteiger partial charge in [-0.3, -0.25) is 14.9 Å². The van der Waals surface area contributed by atoms with Gasteiger partial charge < -0.3 is 9.84 Å². The van der Waals surface area contributed by atoms with E-state index < -0.39 is 11.0 Å². The van der Waals surface area contributed by atoms with Crippen molar-refractivity contribution < 1.29 is 14.2 Å². The van der Waals surface area contributed by atoms with Gasteiger partial charge in [-0.05, 0) is 17.6 Å². The van der Waals surface area contributed by atoms with Crippen LogP contribution in [-0.4, -0.2) is 21.0 Å². The van der Waals surface area contributed by atoms with Gasteiger partial charge in [-0.15, -0.1) is 0 Å². The molecule has 8 heteroatoms. The molecule has 0 bridgehead atoms. The number of carbonyl (C=O) groups is 1. The van der Waals surface area contributed by atoms with E-state index >= 15 is 0 Å². The Kier molecular flexibility index (Phi) is 6.69. The minimum absolute atomic E-state index is 0.0393. The van der Waals surface area contributed by atoms with Crippen molar-refractivity contribution in [3.05, 3.63) is 82.2 Å². The molecule has 3 aromatic rings. The lowest BCUT2D eigenvalue weighted by Crippen LogP contribution is -2.31. The van der Waals surface area contributed by atoms with E-state index in [0.717, 1.165) is 12.0 Å². The third kappa shape index (κ3) is 5.16. The summed E-state index contributed by atoms with van der Waals surface area (Å²) in [5.41, 5.74) is 1.33. The van der Waals surface area contributed by atoms with Crippen LogP contribution >= 0.6 is 0 Å². The van der Waals surface area contributed by atoms with Crippen LogP contribution in [0.4, 0.5) is 5.69 Å². The highest BCUT2D eigenvalue weighted by atomic mass is 16.6. The van der Waals surface area contributed by atoms with Crippen molar-refractivity contribution in [3.63, 3.8) is 0 Å². The summed E-state index contributed by atoms with van der Waals surface area (Å²) < 4.78 is 5.40. The van der Waals surface area contributed by atoms with Gasteiger partial charge in [0.2, 0.25) is 17.6 Å². The van der Waals surface area contributed by atoms with Crippen LogP contribution in [0.15, 0.2) is 65.2 Å². The number of benzene rings is 2. The van der Waals surface area contributed by atoms with Gasteiger partial charge >= 0.3 is 0 Å². The molecule has 0 radical (unpaired) electrons. The quantitative estimate of drug-likeness (QED) is 0.333. The molecular weight excluding hydrogens is 384 g/mol. The summed E-state index contributed by atoms with van der Waals surface area (Å²) >= 11 is 0. The summed E-state index contributed by atoms with van der Waals surface area (Å²) in [6, 6.07) is 15.0. The highest BCUT2D eigenvalue weighted by Gasteiger charge is 2.26. The Balaban J connectivity index is 1.79. The van der Waals surface area contributed by atoms with E-state index in [2.05, 4.69) is 15.5 Å². The third-order valence-corrected chi connectivity index (χ3v) is 4.76. The van der Waals surface area contributed by atoms with Crippen LogP contribution in [0.5, 0.6) is 0 Å². The Labute approximate surface area is 173 Å². The Morgan fingerprint density at radius 3 is 2.70 bits per heavy atom. The van der Waals surface area contributed by atoms with Gasteiger partial charge in [0, 0.05) is 23.8 Å². The standard InChI is InChI=1S/C22H22N4O4/c1-3-15(2)20(23-19(27)13-12-16-8-5-4-6-9-16)22-24-21(25-30-22)17-10-7-11-18(14-17)26(28)29/h4-15,20H,3H2,1-2H3,(H,23,27)/b13-12+. The first-order chi connectivity index (χ1) is 14.5. The minimum atomic E-state index is -0.483. The first kappa shape index (κ1) is 20.9. The maximum absolute atomic E-state index is 12.5. The van der Waals surface area contributed by atoms with E-state index in [1.807, 2.05) is 44.2 Å². The molecule has 30 heavy (non-hydrogen) atoms. The molecule has 0 aliphatic rings. The summed E-state index contributed by atoms with van der Waals surface area (Å²) in [6.45, 7) is 3.98. The molecule has 8 nitrogen and oxygen atoms in total. The molecule has 1 heterocycles. The number of aromatic nitrogens is 2. The molecule has 0 saturated carbocycles. The Morgan fingerprint density at radius 2 is 2.00 bits per heavy atom. The van der Waals surface area contributed by atoms with E-state index in [9.17, 15) is 14.9 Å². The normalized spacial score (nSPS) is 13.1. The molecule has 1 amide bonds. The number of rotatable bonds is 8. The van der Waals surface area contributed by atoms with E-state index in [1.165, 1.54) is 18.2 Å². The van der Waals surface area contributed by atoms with Crippen molar-refractivity contribution in [2.45, 2.75) is 26.3 Å². The lowest BCUT2D eigenvalue weighted by Gasteiger charge is -2.19. The zero-order chi connectivity index (χ0) is 21.5. The summed E-state index contributed by atoms with van der Waals surface area (Å²) in [5.74, 6) is 0.250. The van der Waals surface area contributed by atoms with Crippen LogP contribution in [0, 0.1) is 16.0 Å². The lowest BCUT2D eigenvalue weighted by atomic mass is 9.99. The average Bonchev–Trinajstić information content (AvgIpc) is 3.26. The summed E-state index contributed by atoms with van der Waals surface area (Å²) in [5, 5.41) is 17.9. The lowest BCUT2D eigenvalue weighted by molar-refractivity contribution is -0.384. The number of nitro benzene ring substituents is 1.